The van der Waals surface area contributed by atoms with Crippen molar-refractivity contribution in [2.75, 3.05) is 18.5 Å². The first kappa shape index (κ1) is 25.1. The first-order chi connectivity index (χ1) is 17.2. The molecule has 1 aliphatic heterocycles. The highest BCUT2D eigenvalue weighted by Crippen LogP contribution is 2.45. The van der Waals surface area contributed by atoms with E-state index >= 15 is 0 Å². The van der Waals surface area contributed by atoms with Crippen LogP contribution in [-0.2, 0) is 10.0 Å². The number of nitrogens with zero attached hydrogens (tertiary/aromatic N) is 3. The van der Waals surface area contributed by atoms with E-state index in [4.69, 9.17) is 11.6 Å². The van der Waals surface area contributed by atoms with E-state index < -0.39 is 27.4 Å². The number of benzene rings is 2. The van der Waals surface area contributed by atoms with Crippen molar-refractivity contribution in [1.82, 2.24) is 9.29 Å². The van der Waals surface area contributed by atoms with E-state index in [-0.39, 0.29) is 21.9 Å². The number of aromatic carboxylic acids is 1. The summed E-state index contributed by atoms with van der Waals surface area (Å²) < 4.78 is 43.5. The number of likely N-dealkylation sites (N-methyl/N-ethyl adjacent to an activating group) is 1. The van der Waals surface area contributed by atoms with Crippen LogP contribution in [-0.4, -0.2) is 48.4 Å². The smallest absolute Gasteiger partial charge is 0.338 e. The molecule has 36 heavy (non-hydrogen) atoms. The molecule has 0 unspecified atom stereocenters. The molecule has 1 atom stereocenters. The molecule has 1 aliphatic carbocycles. The summed E-state index contributed by atoms with van der Waals surface area (Å²) in [4.78, 5) is 17.9. The van der Waals surface area contributed by atoms with E-state index in [1.54, 1.807) is 19.3 Å². The van der Waals surface area contributed by atoms with Crippen molar-refractivity contribution in [2.45, 2.75) is 43.0 Å². The Balaban J connectivity index is 1.70. The first-order valence-electron chi connectivity index (χ1n) is 11.7. The molecule has 1 fully saturated rings. The predicted octanol–water partition coefficient (Wildman–Crippen LogP) is 6.02. The molecule has 1 N–H and O–H groups in total. The molecule has 1 aromatic heterocycles. The normalized spacial score (nSPS) is 20.6. The van der Waals surface area contributed by atoms with Gasteiger partial charge in [-0.15, -0.1) is 11.3 Å². The quantitative estimate of drug-likeness (QED) is 0.428. The van der Waals surface area contributed by atoms with E-state index in [2.05, 4.69) is 4.98 Å². The second kappa shape index (κ2) is 9.74. The molecule has 0 bridgehead atoms. The van der Waals surface area contributed by atoms with Crippen molar-refractivity contribution in [3.63, 3.8) is 0 Å². The van der Waals surface area contributed by atoms with Crippen LogP contribution in [0.4, 0.5) is 15.2 Å². The van der Waals surface area contributed by atoms with Crippen molar-refractivity contribution < 1.29 is 22.7 Å². The summed E-state index contributed by atoms with van der Waals surface area (Å²) in [6.45, 7) is 0.441. The fourth-order valence-corrected chi connectivity index (χ4v) is 7.81. The van der Waals surface area contributed by atoms with Gasteiger partial charge in [-0.25, -0.2) is 22.6 Å². The summed E-state index contributed by atoms with van der Waals surface area (Å²) >= 11 is 8.09. The van der Waals surface area contributed by atoms with Gasteiger partial charge in [-0.05, 0) is 48.6 Å². The number of carboxylic acids is 1. The van der Waals surface area contributed by atoms with Crippen molar-refractivity contribution in [3.8, 4) is 11.1 Å². The topological polar surface area (TPSA) is 90.8 Å². The Morgan fingerprint density at radius 2 is 1.94 bits per heavy atom. The number of halogens is 2. The maximum absolute atomic E-state index is 14.0. The number of carboxylic acid groups (broad SMARTS) is 1. The van der Waals surface area contributed by atoms with Crippen molar-refractivity contribution in [2.24, 2.45) is 5.92 Å². The average molecular weight is 550 g/mol. The molecule has 190 valence electrons. The molecule has 5 rings (SSSR count). The number of carbonyl (C=O) groups is 1. The van der Waals surface area contributed by atoms with Crippen LogP contribution in [0.3, 0.4) is 0 Å². The summed E-state index contributed by atoms with van der Waals surface area (Å²) in [6, 6.07) is 6.41. The molecule has 0 amide bonds. The number of sulfonamides is 1. The van der Waals surface area contributed by atoms with E-state index in [0.29, 0.717) is 28.5 Å². The molecule has 2 heterocycles. The third-order valence-electron chi connectivity index (χ3n) is 7.19. The van der Waals surface area contributed by atoms with Crippen LogP contribution >= 0.6 is 22.9 Å². The minimum Gasteiger partial charge on any atom is -0.478 e. The number of thiazole rings is 1. The summed E-state index contributed by atoms with van der Waals surface area (Å²) in [7, 11) is -2.32. The number of fused-ring (bicyclic) bond motifs is 1. The SMILES string of the molecule is CN1[C@H](C2CCCCC2)CN(c2nccs2)c2cc(Cl)c(-c3ccc(F)c(C(=O)O)c3)cc2S1(=O)=O. The van der Waals surface area contributed by atoms with Gasteiger partial charge in [0.05, 0.1) is 16.3 Å². The van der Waals surface area contributed by atoms with Gasteiger partial charge in [-0.1, -0.05) is 36.9 Å². The van der Waals surface area contributed by atoms with Gasteiger partial charge in [0.1, 0.15) is 10.7 Å². The Bertz CT molecular complexity index is 1410. The van der Waals surface area contributed by atoms with Crippen LogP contribution in [0.25, 0.3) is 11.1 Å². The standard InChI is InChI=1S/C25H25ClFN3O4S2/c1-29-22(15-5-3-2-4-6-15)14-30(25-28-9-10-35-25)21-13-19(26)17(12-23(21)36(29,33)34)16-7-8-20(27)18(11-16)24(31)32/h7-13,15,22H,2-6,14H2,1H3,(H,31,32)/t22-/m0/s1. The maximum Gasteiger partial charge on any atom is 0.338 e. The van der Waals surface area contributed by atoms with E-state index in [9.17, 15) is 22.7 Å². The third kappa shape index (κ3) is 4.40. The number of anilines is 2. The number of hydrogen-bond acceptors (Lipinski definition) is 6. The molecule has 0 spiro atoms. The van der Waals surface area contributed by atoms with Gasteiger partial charge >= 0.3 is 5.97 Å². The van der Waals surface area contributed by atoms with Crippen LogP contribution in [0, 0.1) is 11.7 Å². The van der Waals surface area contributed by atoms with Crippen LogP contribution in [0.5, 0.6) is 0 Å². The number of aromatic nitrogens is 1. The van der Waals surface area contributed by atoms with Crippen molar-refractivity contribution in [3.05, 3.63) is 58.3 Å². The Kier molecular flexibility index (Phi) is 6.80. The van der Waals surface area contributed by atoms with Crippen molar-refractivity contribution >= 4 is 49.7 Å². The lowest BCUT2D eigenvalue weighted by Crippen LogP contribution is -2.46. The Morgan fingerprint density at radius 3 is 2.61 bits per heavy atom. The second-order valence-electron chi connectivity index (χ2n) is 9.21. The molecule has 0 radical (unpaired) electrons. The lowest BCUT2D eigenvalue weighted by molar-refractivity contribution is 0.0692. The molecule has 7 nitrogen and oxygen atoms in total. The van der Waals surface area contributed by atoms with Crippen LogP contribution < -0.4 is 4.90 Å². The Morgan fingerprint density at radius 1 is 1.19 bits per heavy atom. The molecule has 2 aliphatic rings. The van der Waals surface area contributed by atoms with Crippen molar-refractivity contribution in [1.29, 1.82) is 0 Å². The molecule has 2 aromatic carbocycles. The molecule has 1 saturated carbocycles. The van der Waals surface area contributed by atoms with Crippen LogP contribution in [0.2, 0.25) is 5.02 Å². The van der Waals surface area contributed by atoms with Gasteiger partial charge in [0.2, 0.25) is 10.0 Å². The largest absolute Gasteiger partial charge is 0.478 e. The van der Waals surface area contributed by atoms with E-state index in [1.165, 1.54) is 33.8 Å². The monoisotopic (exact) mass is 549 g/mol. The number of rotatable bonds is 4. The fourth-order valence-electron chi connectivity index (χ4n) is 5.27. The van der Waals surface area contributed by atoms with E-state index in [1.807, 2.05) is 10.3 Å². The predicted molar refractivity (Wildman–Crippen MR) is 138 cm³/mol. The Labute approximate surface area is 218 Å². The van der Waals surface area contributed by atoms with Gasteiger partial charge in [0.25, 0.3) is 0 Å². The van der Waals surface area contributed by atoms with Gasteiger partial charge < -0.3 is 10.0 Å². The highest BCUT2D eigenvalue weighted by molar-refractivity contribution is 7.89. The summed E-state index contributed by atoms with van der Waals surface area (Å²) in [5.41, 5.74) is 0.531. The minimum atomic E-state index is -3.94. The van der Waals surface area contributed by atoms with Gasteiger partial charge in [0.15, 0.2) is 5.13 Å². The Hall–Kier alpha value is -2.53. The van der Waals surface area contributed by atoms with E-state index in [0.717, 1.165) is 38.2 Å². The highest BCUT2D eigenvalue weighted by atomic mass is 35.5. The molecular weight excluding hydrogens is 525 g/mol. The zero-order valence-corrected chi connectivity index (χ0v) is 21.9. The summed E-state index contributed by atoms with van der Waals surface area (Å²) in [5, 5.41) is 12.1. The lowest BCUT2D eigenvalue weighted by Gasteiger charge is -2.36. The molecule has 3 aromatic rings. The molecule has 11 heteroatoms. The lowest BCUT2D eigenvalue weighted by atomic mass is 9.83. The highest BCUT2D eigenvalue weighted by Gasteiger charge is 2.41. The zero-order chi connectivity index (χ0) is 25.6. The van der Waals surface area contributed by atoms with Gasteiger partial charge in [-0.3, -0.25) is 0 Å². The first-order valence-corrected chi connectivity index (χ1v) is 14.4. The maximum atomic E-state index is 14.0. The fraction of sp³-hybridized carbons (Fsp3) is 0.360. The minimum absolute atomic E-state index is 0.0547. The molecular formula is C25H25ClFN3O4S2. The van der Waals surface area contributed by atoms with Gasteiger partial charge in [0, 0.05) is 36.8 Å². The average Bonchev–Trinajstić information content (AvgIpc) is 3.37. The van der Waals surface area contributed by atoms with Gasteiger partial charge in [-0.2, -0.15) is 4.31 Å². The van der Waals surface area contributed by atoms with Crippen LogP contribution in [0.1, 0.15) is 42.5 Å². The van der Waals surface area contributed by atoms with Crippen LogP contribution in [0.15, 0.2) is 46.8 Å². The number of hydrogen-bond donors (Lipinski definition) is 1. The summed E-state index contributed by atoms with van der Waals surface area (Å²) in [6.07, 6.45) is 6.92. The second-order valence-corrected chi connectivity index (χ2v) is 12.5. The summed E-state index contributed by atoms with van der Waals surface area (Å²) in [5.74, 6) is -2.08. The third-order valence-corrected chi connectivity index (χ3v) is 10.2. The zero-order valence-electron chi connectivity index (χ0n) is 19.5. The molecule has 0 saturated heterocycles.